The number of amides is 1. The van der Waals surface area contributed by atoms with Crippen molar-refractivity contribution in [1.82, 2.24) is 14.7 Å². The Morgan fingerprint density at radius 1 is 1.36 bits per heavy atom. The Kier molecular flexibility index (Phi) is 5.21. The van der Waals surface area contributed by atoms with Gasteiger partial charge in [-0.3, -0.25) is 9.48 Å². The summed E-state index contributed by atoms with van der Waals surface area (Å²) in [7, 11) is 0. The zero-order chi connectivity index (χ0) is 16.3. The van der Waals surface area contributed by atoms with Crippen molar-refractivity contribution in [2.45, 2.75) is 65.0 Å². The van der Waals surface area contributed by atoms with Gasteiger partial charge in [0.05, 0.1) is 17.8 Å². The molecule has 1 N–H and O–H groups in total. The molecule has 1 aromatic heterocycles. The second kappa shape index (κ2) is 6.94. The van der Waals surface area contributed by atoms with Gasteiger partial charge in [0.1, 0.15) is 6.04 Å². The quantitative estimate of drug-likeness (QED) is 0.907. The van der Waals surface area contributed by atoms with Crippen LogP contribution < -0.4 is 0 Å². The van der Waals surface area contributed by atoms with E-state index in [1.54, 1.807) is 6.20 Å². The van der Waals surface area contributed by atoms with E-state index in [2.05, 4.69) is 18.9 Å². The van der Waals surface area contributed by atoms with Crippen LogP contribution in [0.25, 0.3) is 0 Å². The van der Waals surface area contributed by atoms with Gasteiger partial charge in [0.2, 0.25) is 0 Å². The van der Waals surface area contributed by atoms with E-state index in [-0.39, 0.29) is 11.9 Å². The number of hydrogen-bond acceptors (Lipinski definition) is 3. The van der Waals surface area contributed by atoms with Crippen LogP contribution in [0.4, 0.5) is 0 Å². The predicted octanol–water partition coefficient (Wildman–Crippen LogP) is 2.63. The Hall–Kier alpha value is -1.85. The molecule has 1 aliphatic heterocycles. The topological polar surface area (TPSA) is 75.4 Å². The molecule has 6 heteroatoms. The predicted molar refractivity (Wildman–Crippen MR) is 82.9 cm³/mol. The lowest BCUT2D eigenvalue weighted by atomic mass is 10.0. The number of carboxylic acid groups (broad SMARTS) is 1. The van der Waals surface area contributed by atoms with Crippen molar-refractivity contribution < 1.29 is 14.7 Å². The van der Waals surface area contributed by atoms with Gasteiger partial charge in [-0.1, -0.05) is 13.8 Å². The van der Waals surface area contributed by atoms with E-state index >= 15 is 0 Å². The lowest BCUT2D eigenvalue weighted by molar-refractivity contribution is -0.143. The molecule has 1 fully saturated rings. The fourth-order valence-electron chi connectivity index (χ4n) is 3.22. The van der Waals surface area contributed by atoms with Crippen LogP contribution in [0.2, 0.25) is 0 Å². The van der Waals surface area contributed by atoms with Crippen LogP contribution in [-0.2, 0) is 4.79 Å². The molecule has 1 aromatic rings. The third-order valence-corrected chi connectivity index (χ3v) is 4.61. The molecule has 0 saturated carbocycles. The number of carboxylic acids is 1. The monoisotopic (exact) mass is 307 g/mol. The molecule has 2 heterocycles. The second-order valence-corrected chi connectivity index (χ2v) is 5.91. The van der Waals surface area contributed by atoms with Crippen LogP contribution in [-0.4, -0.2) is 44.3 Å². The number of carbonyl (C=O) groups is 2. The number of aliphatic carboxylic acids is 1. The van der Waals surface area contributed by atoms with Gasteiger partial charge < -0.3 is 10.0 Å². The summed E-state index contributed by atoms with van der Waals surface area (Å²) in [6.07, 6.45) is 5.73. The van der Waals surface area contributed by atoms with Crippen molar-refractivity contribution in [3.8, 4) is 0 Å². The highest BCUT2D eigenvalue weighted by molar-refractivity contribution is 5.97. The Balaban J connectivity index is 2.27. The van der Waals surface area contributed by atoms with Crippen LogP contribution in [0.15, 0.2) is 6.20 Å². The number of carbonyl (C=O) groups excluding carboxylic acids is 1. The Labute approximate surface area is 131 Å². The molecule has 0 unspecified atom stereocenters. The smallest absolute Gasteiger partial charge is 0.326 e. The van der Waals surface area contributed by atoms with E-state index in [0.717, 1.165) is 31.4 Å². The van der Waals surface area contributed by atoms with Crippen molar-refractivity contribution in [2.75, 3.05) is 6.54 Å². The average molecular weight is 307 g/mol. The average Bonchev–Trinajstić information content (AvgIpc) is 2.90. The van der Waals surface area contributed by atoms with E-state index in [4.69, 9.17) is 0 Å². The first-order valence-corrected chi connectivity index (χ1v) is 8.09. The molecular weight excluding hydrogens is 282 g/mol. The van der Waals surface area contributed by atoms with Gasteiger partial charge in [-0.2, -0.15) is 5.10 Å². The summed E-state index contributed by atoms with van der Waals surface area (Å²) < 4.78 is 1.90. The van der Waals surface area contributed by atoms with Gasteiger partial charge in [-0.25, -0.2) is 4.79 Å². The molecule has 1 atom stereocenters. The molecule has 1 amide bonds. The van der Waals surface area contributed by atoms with Crippen molar-refractivity contribution in [2.24, 2.45) is 0 Å². The van der Waals surface area contributed by atoms with Crippen LogP contribution in [0.5, 0.6) is 0 Å². The van der Waals surface area contributed by atoms with Gasteiger partial charge in [-0.05, 0) is 39.0 Å². The number of hydrogen-bond donors (Lipinski definition) is 1. The number of rotatable bonds is 5. The third-order valence-electron chi connectivity index (χ3n) is 4.61. The number of nitrogens with zero attached hydrogens (tertiary/aromatic N) is 3. The maximum atomic E-state index is 12.8. The number of aromatic nitrogens is 2. The van der Waals surface area contributed by atoms with E-state index in [0.29, 0.717) is 18.5 Å². The Bertz CT molecular complexity index is 549. The molecule has 0 aliphatic carbocycles. The minimum Gasteiger partial charge on any atom is -0.480 e. The van der Waals surface area contributed by atoms with Crippen LogP contribution in [0, 0.1) is 6.92 Å². The highest BCUT2D eigenvalue weighted by Gasteiger charge is 2.34. The Morgan fingerprint density at radius 2 is 2.05 bits per heavy atom. The standard InChI is InChI=1S/C16H25N3O3/c1-4-12(5-2)19-11(3)13(10-17-19)15(20)18-9-7-6-8-14(18)16(21)22/h10,12,14H,4-9H2,1-3H3,(H,21,22)/t14-/m1/s1. The SMILES string of the molecule is CCC(CC)n1ncc(C(=O)N2CCCC[C@@H]2C(=O)O)c1C. The molecule has 0 radical (unpaired) electrons. The molecule has 0 bridgehead atoms. The van der Waals surface area contributed by atoms with Crippen molar-refractivity contribution in [3.05, 3.63) is 17.5 Å². The maximum Gasteiger partial charge on any atom is 0.326 e. The summed E-state index contributed by atoms with van der Waals surface area (Å²) in [6.45, 7) is 6.59. The summed E-state index contributed by atoms with van der Waals surface area (Å²) in [4.78, 5) is 25.6. The van der Waals surface area contributed by atoms with Gasteiger partial charge in [0.15, 0.2) is 0 Å². The molecule has 22 heavy (non-hydrogen) atoms. The lowest BCUT2D eigenvalue weighted by Gasteiger charge is -2.32. The van der Waals surface area contributed by atoms with E-state index in [9.17, 15) is 14.7 Å². The summed E-state index contributed by atoms with van der Waals surface area (Å²) in [6, 6.07) is -0.435. The largest absolute Gasteiger partial charge is 0.480 e. The van der Waals surface area contributed by atoms with Gasteiger partial charge >= 0.3 is 5.97 Å². The number of likely N-dealkylation sites (tertiary alicyclic amines) is 1. The zero-order valence-corrected chi connectivity index (χ0v) is 13.6. The van der Waals surface area contributed by atoms with Gasteiger partial charge in [0.25, 0.3) is 5.91 Å². The van der Waals surface area contributed by atoms with Crippen LogP contribution >= 0.6 is 0 Å². The highest BCUT2D eigenvalue weighted by atomic mass is 16.4. The first kappa shape index (κ1) is 16.5. The summed E-state index contributed by atoms with van der Waals surface area (Å²) in [5.74, 6) is -1.13. The second-order valence-electron chi connectivity index (χ2n) is 5.91. The molecule has 2 rings (SSSR count). The lowest BCUT2D eigenvalue weighted by Crippen LogP contribution is -2.48. The minimum atomic E-state index is -0.918. The van der Waals surface area contributed by atoms with Crippen molar-refractivity contribution in [3.63, 3.8) is 0 Å². The summed E-state index contributed by atoms with van der Waals surface area (Å²) in [5.41, 5.74) is 1.36. The summed E-state index contributed by atoms with van der Waals surface area (Å²) in [5, 5.41) is 13.7. The third kappa shape index (κ3) is 3.00. The highest BCUT2D eigenvalue weighted by Crippen LogP contribution is 2.24. The van der Waals surface area contributed by atoms with Crippen molar-refractivity contribution in [1.29, 1.82) is 0 Å². The van der Waals surface area contributed by atoms with E-state index in [1.165, 1.54) is 4.90 Å². The maximum absolute atomic E-state index is 12.8. The van der Waals surface area contributed by atoms with Gasteiger partial charge in [0, 0.05) is 12.2 Å². The minimum absolute atomic E-state index is 0.207. The Morgan fingerprint density at radius 3 is 2.64 bits per heavy atom. The fourth-order valence-corrected chi connectivity index (χ4v) is 3.22. The molecule has 1 aliphatic rings. The molecule has 122 valence electrons. The molecule has 0 aromatic carbocycles. The van der Waals surface area contributed by atoms with E-state index < -0.39 is 12.0 Å². The molecule has 6 nitrogen and oxygen atoms in total. The van der Waals surface area contributed by atoms with Crippen LogP contribution in [0.3, 0.4) is 0 Å². The summed E-state index contributed by atoms with van der Waals surface area (Å²) >= 11 is 0. The molecule has 1 saturated heterocycles. The molecule has 0 spiro atoms. The van der Waals surface area contributed by atoms with Crippen molar-refractivity contribution >= 4 is 11.9 Å². The first-order valence-electron chi connectivity index (χ1n) is 8.09. The van der Waals surface area contributed by atoms with Crippen LogP contribution in [0.1, 0.15) is 68.0 Å². The van der Waals surface area contributed by atoms with E-state index in [1.807, 2.05) is 11.6 Å². The number of piperidine rings is 1. The van der Waals surface area contributed by atoms with Gasteiger partial charge in [-0.15, -0.1) is 0 Å². The zero-order valence-electron chi connectivity index (χ0n) is 13.6. The first-order chi connectivity index (χ1) is 10.5. The normalized spacial score (nSPS) is 18.7. The molecular formula is C16H25N3O3. The fraction of sp³-hybridized carbons (Fsp3) is 0.688.